The predicted molar refractivity (Wildman–Crippen MR) is 96.3 cm³/mol. The third-order valence-electron chi connectivity index (χ3n) is 5.41. The molecule has 1 aliphatic carbocycles. The molecule has 25 heavy (non-hydrogen) atoms. The Hall–Kier alpha value is -1.79. The maximum atomic E-state index is 12.9. The van der Waals surface area contributed by atoms with Gasteiger partial charge in [0.2, 0.25) is 5.91 Å². The first-order valence-electron chi connectivity index (χ1n) is 9.07. The Morgan fingerprint density at radius 1 is 1.12 bits per heavy atom. The molecule has 0 radical (unpaired) electrons. The zero-order chi connectivity index (χ0) is 17.8. The van der Waals surface area contributed by atoms with Gasteiger partial charge in [0.1, 0.15) is 11.5 Å². The van der Waals surface area contributed by atoms with Crippen molar-refractivity contribution in [2.45, 2.75) is 44.2 Å². The van der Waals surface area contributed by atoms with E-state index in [2.05, 4.69) is 5.32 Å². The van der Waals surface area contributed by atoms with Crippen molar-refractivity contribution in [1.82, 2.24) is 5.32 Å². The quantitative estimate of drug-likeness (QED) is 0.822. The minimum atomic E-state index is -0.186. The van der Waals surface area contributed by atoms with Gasteiger partial charge in [0.15, 0.2) is 0 Å². The second kappa shape index (κ2) is 8.06. The van der Waals surface area contributed by atoms with Crippen LogP contribution < -0.4 is 19.7 Å². The molecule has 3 rings (SSSR count). The zero-order valence-corrected chi connectivity index (χ0v) is 15.0. The summed E-state index contributed by atoms with van der Waals surface area (Å²) in [6.07, 6.45) is 5.16. The number of amides is 1. The first-order chi connectivity index (χ1) is 12.2. The van der Waals surface area contributed by atoms with E-state index in [1.54, 1.807) is 25.2 Å². The van der Waals surface area contributed by atoms with Crippen molar-refractivity contribution < 1.29 is 19.4 Å². The van der Waals surface area contributed by atoms with E-state index in [0.29, 0.717) is 18.0 Å². The average molecular weight is 348 g/mol. The minimum absolute atomic E-state index is 0.0811. The molecule has 138 valence electrons. The zero-order valence-electron chi connectivity index (χ0n) is 15.0. The highest BCUT2D eigenvalue weighted by Crippen LogP contribution is 2.32. The fourth-order valence-corrected chi connectivity index (χ4v) is 3.94. The molecule has 1 aromatic rings. The van der Waals surface area contributed by atoms with Crippen LogP contribution in [-0.4, -0.2) is 50.5 Å². The standard InChI is InChI=1S/C19H28N2O4/c1-24-15-9-14(10-16(11-15)25-2)21-8-7-18(19(21)23)20-17-6-4-3-5-13(17)12-22/h9-11,13,17-18,20,22H,3-8,12H2,1-2H3/t13-,17+,18+/m1/s1. The lowest BCUT2D eigenvalue weighted by Crippen LogP contribution is -2.48. The highest BCUT2D eigenvalue weighted by atomic mass is 16.5. The molecule has 3 atom stereocenters. The summed E-state index contributed by atoms with van der Waals surface area (Å²) in [4.78, 5) is 14.7. The van der Waals surface area contributed by atoms with E-state index >= 15 is 0 Å². The smallest absolute Gasteiger partial charge is 0.244 e. The number of hydrogen-bond acceptors (Lipinski definition) is 5. The molecule has 1 saturated heterocycles. The SMILES string of the molecule is COc1cc(OC)cc(N2CC[C@H](N[C@H]3CCCC[C@@H]3CO)C2=O)c1. The second-order valence-corrected chi connectivity index (χ2v) is 6.90. The van der Waals surface area contributed by atoms with Gasteiger partial charge in [-0.1, -0.05) is 12.8 Å². The lowest BCUT2D eigenvalue weighted by molar-refractivity contribution is -0.119. The molecule has 0 spiro atoms. The normalized spacial score (nSPS) is 26.8. The van der Waals surface area contributed by atoms with Gasteiger partial charge in [-0.15, -0.1) is 0 Å². The Morgan fingerprint density at radius 3 is 2.44 bits per heavy atom. The van der Waals surface area contributed by atoms with E-state index in [0.717, 1.165) is 37.8 Å². The van der Waals surface area contributed by atoms with Gasteiger partial charge in [0.05, 0.1) is 25.9 Å². The molecule has 2 N–H and O–H groups in total. The van der Waals surface area contributed by atoms with Gasteiger partial charge in [-0.05, 0) is 25.2 Å². The number of methoxy groups -OCH3 is 2. The summed E-state index contributed by atoms with van der Waals surface area (Å²) in [6, 6.07) is 5.56. The lowest BCUT2D eigenvalue weighted by Gasteiger charge is -2.32. The van der Waals surface area contributed by atoms with Crippen molar-refractivity contribution in [1.29, 1.82) is 0 Å². The number of ether oxygens (including phenoxy) is 2. The van der Waals surface area contributed by atoms with Gasteiger partial charge in [-0.25, -0.2) is 0 Å². The molecule has 1 aliphatic heterocycles. The largest absolute Gasteiger partial charge is 0.497 e. The fraction of sp³-hybridized carbons (Fsp3) is 0.632. The molecular weight excluding hydrogens is 320 g/mol. The highest BCUT2D eigenvalue weighted by molar-refractivity contribution is 5.99. The Morgan fingerprint density at radius 2 is 1.80 bits per heavy atom. The van der Waals surface area contributed by atoms with Crippen molar-refractivity contribution in [2.75, 3.05) is 32.3 Å². The molecule has 0 bridgehead atoms. The molecule has 1 heterocycles. The van der Waals surface area contributed by atoms with Crippen LogP contribution in [0.2, 0.25) is 0 Å². The monoisotopic (exact) mass is 348 g/mol. The van der Waals surface area contributed by atoms with Crippen LogP contribution in [0.3, 0.4) is 0 Å². The average Bonchev–Trinajstić information content (AvgIpc) is 3.02. The number of aliphatic hydroxyl groups is 1. The van der Waals surface area contributed by atoms with Crippen molar-refractivity contribution in [3.8, 4) is 11.5 Å². The Balaban J connectivity index is 1.71. The fourth-order valence-electron chi connectivity index (χ4n) is 3.94. The summed E-state index contributed by atoms with van der Waals surface area (Å²) in [5, 5.41) is 13.1. The molecule has 1 amide bonds. The highest BCUT2D eigenvalue weighted by Gasteiger charge is 2.36. The van der Waals surface area contributed by atoms with Crippen LogP contribution in [0.15, 0.2) is 18.2 Å². The van der Waals surface area contributed by atoms with Crippen LogP contribution in [0.1, 0.15) is 32.1 Å². The van der Waals surface area contributed by atoms with Crippen LogP contribution >= 0.6 is 0 Å². The van der Waals surface area contributed by atoms with E-state index in [1.807, 2.05) is 12.1 Å². The van der Waals surface area contributed by atoms with E-state index in [4.69, 9.17) is 9.47 Å². The van der Waals surface area contributed by atoms with Gasteiger partial charge in [-0.2, -0.15) is 0 Å². The number of nitrogens with one attached hydrogen (secondary N) is 1. The molecule has 1 saturated carbocycles. The summed E-state index contributed by atoms with van der Waals surface area (Å²) >= 11 is 0. The first kappa shape index (κ1) is 18.0. The predicted octanol–water partition coefficient (Wildman–Crippen LogP) is 1.95. The number of rotatable bonds is 6. The molecule has 6 nitrogen and oxygen atoms in total. The van der Waals surface area contributed by atoms with Crippen LogP contribution in [0, 0.1) is 5.92 Å². The molecule has 2 fully saturated rings. The van der Waals surface area contributed by atoms with Gasteiger partial charge in [-0.3, -0.25) is 4.79 Å². The van der Waals surface area contributed by atoms with Gasteiger partial charge < -0.3 is 24.8 Å². The molecular formula is C19H28N2O4. The summed E-state index contributed by atoms with van der Waals surface area (Å²) < 4.78 is 10.6. The Labute approximate surface area is 149 Å². The molecule has 1 aromatic carbocycles. The number of carbonyl (C=O) groups is 1. The maximum Gasteiger partial charge on any atom is 0.244 e. The van der Waals surface area contributed by atoms with Crippen LogP contribution in [0.25, 0.3) is 0 Å². The maximum absolute atomic E-state index is 12.9. The van der Waals surface area contributed by atoms with Crippen molar-refractivity contribution in [3.05, 3.63) is 18.2 Å². The first-order valence-corrected chi connectivity index (χ1v) is 9.07. The Kier molecular flexibility index (Phi) is 5.81. The molecule has 6 heteroatoms. The lowest BCUT2D eigenvalue weighted by atomic mass is 9.84. The number of benzene rings is 1. The summed E-state index contributed by atoms with van der Waals surface area (Å²) in [7, 11) is 3.21. The number of carbonyl (C=O) groups excluding carboxylic acids is 1. The number of aliphatic hydroxyl groups excluding tert-OH is 1. The van der Waals surface area contributed by atoms with E-state index < -0.39 is 0 Å². The van der Waals surface area contributed by atoms with E-state index in [9.17, 15) is 9.90 Å². The van der Waals surface area contributed by atoms with Crippen LogP contribution in [0.5, 0.6) is 11.5 Å². The number of hydrogen-bond donors (Lipinski definition) is 2. The number of nitrogens with zero attached hydrogens (tertiary/aromatic N) is 1. The Bertz CT molecular complexity index is 585. The summed E-state index contributed by atoms with van der Waals surface area (Å²) in [5.41, 5.74) is 0.799. The van der Waals surface area contributed by atoms with Gasteiger partial charge in [0.25, 0.3) is 0 Å². The van der Waals surface area contributed by atoms with Crippen molar-refractivity contribution in [2.24, 2.45) is 5.92 Å². The van der Waals surface area contributed by atoms with Crippen LogP contribution in [-0.2, 0) is 4.79 Å². The number of anilines is 1. The summed E-state index contributed by atoms with van der Waals surface area (Å²) in [6.45, 7) is 0.860. The molecule has 2 aliphatic rings. The second-order valence-electron chi connectivity index (χ2n) is 6.90. The van der Waals surface area contributed by atoms with E-state index in [1.165, 1.54) is 0 Å². The van der Waals surface area contributed by atoms with Crippen molar-refractivity contribution in [3.63, 3.8) is 0 Å². The molecule has 0 unspecified atom stereocenters. The van der Waals surface area contributed by atoms with Gasteiger partial charge in [0, 0.05) is 37.4 Å². The minimum Gasteiger partial charge on any atom is -0.497 e. The van der Waals surface area contributed by atoms with Gasteiger partial charge >= 0.3 is 0 Å². The van der Waals surface area contributed by atoms with Crippen molar-refractivity contribution >= 4 is 11.6 Å². The summed E-state index contributed by atoms with van der Waals surface area (Å²) in [5.74, 6) is 1.68. The van der Waals surface area contributed by atoms with E-state index in [-0.39, 0.29) is 30.5 Å². The van der Waals surface area contributed by atoms with Crippen LogP contribution in [0.4, 0.5) is 5.69 Å². The topological polar surface area (TPSA) is 71.0 Å². The molecule has 0 aromatic heterocycles. The third kappa shape index (κ3) is 3.90. The third-order valence-corrected chi connectivity index (χ3v) is 5.41.